The van der Waals surface area contributed by atoms with Gasteiger partial charge in [0.2, 0.25) is 5.62 Å². The monoisotopic (exact) mass is 353 g/mol. The van der Waals surface area contributed by atoms with E-state index >= 15 is 0 Å². The Balaban J connectivity index is 2.34. The smallest absolute Gasteiger partial charge is 0.229 e. The summed E-state index contributed by atoms with van der Waals surface area (Å²) in [5.41, 5.74) is 1.15. The van der Waals surface area contributed by atoms with E-state index < -0.39 is 11.6 Å². The molecule has 0 saturated heterocycles. The van der Waals surface area contributed by atoms with Gasteiger partial charge in [0, 0.05) is 23.7 Å². The molecule has 0 aliphatic carbocycles. The van der Waals surface area contributed by atoms with Gasteiger partial charge >= 0.3 is 0 Å². The zero-order valence-electron chi connectivity index (χ0n) is 14.3. The standard InChI is InChI=1S/C19H17F2N5/c1-3-5-12-8-17-15(10-16(12)21)18(24-19(23)26(17)11-22)25(2)14-7-4-6-13(20)9-14/h3-11,22-23H,1-2H3/b5-3+,22-11?,23-19?. The van der Waals surface area contributed by atoms with Gasteiger partial charge in [-0.25, -0.2) is 8.78 Å². The summed E-state index contributed by atoms with van der Waals surface area (Å²) < 4.78 is 29.3. The van der Waals surface area contributed by atoms with Crippen molar-refractivity contribution in [3.05, 3.63) is 65.3 Å². The number of allylic oxidation sites excluding steroid dienone is 1. The van der Waals surface area contributed by atoms with Crippen LogP contribution >= 0.6 is 0 Å². The zero-order chi connectivity index (χ0) is 18.8. The molecule has 0 saturated carbocycles. The summed E-state index contributed by atoms with van der Waals surface area (Å²) in [5, 5.41) is 16.1. The summed E-state index contributed by atoms with van der Waals surface area (Å²) in [6, 6.07) is 8.81. The molecule has 0 bridgehead atoms. The molecule has 0 radical (unpaired) electrons. The Morgan fingerprint density at radius 3 is 2.62 bits per heavy atom. The van der Waals surface area contributed by atoms with Crippen molar-refractivity contribution in [1.82, 2.24) is 9.55 Å². The number of hydrogen-bond acceptors (Lipinski definition) is 4. The molecule has 7 heteroatoms. The Morgan fingerprint density at radius 2 is 1.96 bits per heavy atom. The van der Waals surface area contributed by atoms with Crippen LogP contribution in [0.25, 0.3) is 17.0 Å². The van der Waals surface area contributed by atoms with Gasteiger partial charge < -0.3 is 4.90 Å². The third-order valence-electron chi connectivity index (χ3n) is 4.04. The molecule has 0 fully saturated rings. The maximum absolute atomic E-state index is 14.5. The molecule has 2 aromatic carbocycles. The molecular formula is C19H17F2N5. The SMILES string of the molecule is C/C=C/c1cc2c(cc1F)c(N(C)c1cccc(F)c1)nc(=N)n2C=N. The summed E-state index contributed by atoms with van der Waals surface area (Å²) in [5.74, 6) is -0.544. The fourth-order valence-corrected chi connectivity index (χ4v) is 2.79. The number of rotatable bonds is 4. The van der Waals surface area contributed by atoms with E-state index in [9.17, 15) is 8.78 Å². The molecule has 132 valence electrons. The van der Waals surface area contributed by atoms with E-state index in [-0.39, 0.29) is 5.62 Å². The van der Waals surface area contributed by atoms with Crippen LogP contribution in [0.4, 0.5) is 20.3 Å². The lowest BCUT2D eigenvalue weighted by Crippen LogP contribution is -2.26. The van der Waals surface area contributed by atoms with Crippen molar-refractivity contribution < 1.29 is 8.78 Å². The largest absolute Gasteiger partial charge is 0.329 e. The molecule has 0 spiro atoms. The van der Waals surface area contributed by atoms with Gasteiger partial charge in [0.25, 0.3) is 0 Å². The lowest BCUT2D eigenvalue weighted by atomic mass is 10.1. The highest BCUT2D eigenvalue weighted by Crippen LogP contribution is 2.30. The molecule has 2 N–H and O–H groups in total. The van der Waals surface area contributed by atoms with Gasteiger partial charge in [-0.15, -0.1) is 0 Å². The molecule has 0 aliphatic rings. The second-order valence-electron chi connectivity index (χ2n) is 5.69. The first kappa shape index (κ1) is 17.5. The van der Waals surface area contributed by atoms with Crippen LogP contribution in [0.2, 0.25) is 0 Å². The number of benzene rings is 2. The molecule has 5 nitrogen and oxygen atoms in total. The highest BCUT2D eigenvalue weighted by atomic mass is 19.1. The summed E-state index contributed by atoms with van der Waals surface area (Å²) in [6.07, 6.45) is 4.28. The Bertz CT molecular complexity index is 1090. The predicted molar refractivity (Wildman–Crippen MR) is 98.9 cm³/mol. The van der Waals surface area contributed by atoms with Crippen molar-refractivity contribution in [2.75, 3.05) is 11.9 Å². The minimum atomic E-state index is -0.444. The van der Waals surface area contributed by atoms with Crippen LogP contribution in [0.1, 0.15) is 12.5 Å². The Labute approximate surface area is 148 Å². The molecule has 0 aliphatic heterocycles. The number of aromatic nitrogens is 2. The summed E-state index contributed by atoms with van der Waals surface area (Å²) in [7, 11) is 1.67. The maximum Gasteiger partial charge on any atom is 0.229 e. The molecule has 26 heavy (non-hydrogen) atoms. The van der Waals surface area contributed by atoms with E-state index in [1.165, 1.54) is 22.8 Å². The average molecular weight is 353 g/mol. The van der Waals surface area contributed by atoms with Gasteiger partial charge in [-0.1, -0.05) is 18.2 Å². The second kappa shape index (κ2) is 6.87. The Morgan fingerprint density at radius 1 is 1.19 bits per heavy atom. The van der Waals surface area contributed by atoms with E-state index in [4.69, 9.17) is 10.8 Å². The van der Waals surface area contributed by atoms with Crippen LogP contribution in [-0.2, 0) is 0 Å². The van der Waals surface area contributed by atoms with Crippen LogP contribution in [0.3, 0.4) is 0 Å². The van der Waals surface area contributed by atoms with E-state index in [0.717, 1.165) is 6.34 Å². The fourth-order valence-electron chi connectivity index (χ4n) is 2.79. The van der Waals surface area contributed by atoms with Crippen LogP contribution in [0.15, 0.2) is 42.5 Å². The van der Waals surface area contributed by atoms with Crippen molar-refractivity contribution in [2.45, 2.75) is 6.92 Å². The quantitative estimate of drug-likeness (QED) is 0.549. The van der Waals surface area contributed by atoms with Gasteiger partial charge in [-0.3, -0.25) is 15.4 Å². The minimum Gasteiger partial charge on any atom is -0.329 e. The first-order valence-corrected chi connectivity index (χ1v) is 7.89. The van der Waals surface area contributed by atoms with E-state index in [1.807, 2.05) is 0 Å². The van der Waals surface area contributed by atoms with Gasteiger partial charge in [-0.2, -0.15) is 4.98 Å². The van der Waals surface area contributed by atoms with Gasteiger partial charge in [-0.05, 0) is 37.3 Å². The normalized spacial score (nSPS) is 11.2. The zero-order valence-corrected chi connectivity index (χ0v) is 14.3. The van der Waals surface area contributed by atoms with E-state index in [0.29, 0.717) is 28.0 Å². The fraction of sp³-hybridized carbons (Fsp3) is 0.105. The molecule has 0 atom stereocenters. The third-order valence-corrected chi connectivity index (χ3v) is 4.04. The minimum absolute atomic E-state index is 0.177. The Hall–Kier alpha value is -3.35. The summed E-state index contributed by atoms with van der Waals surface area (Å²) in [6.45, 7) is 1.78. The molecular weight excluding hydrogens is 336 g/mol. The number of fused-ring (bicyclic) bond motifs is 1. The first-order chi connectivity index (χ1) is 12.5. The summed E-state index contributed by atoms with van der Waals surface area (Å²) >= 11 is 0. The number of anilines is 2. The molecule has 3 aromatic rings. The second-order valence-corrected chi connectivity index (χ2v) is 5.69. The molecule has 0 unspecified atom stereocenters. The topological polar surface area (TPSA) is 68.8 Å². The van der Waals surface area contributed by atoms with Gasteiger partial charge in [0.15, 0.2) is 0 Å². The molecule has 3 rings (SSSR count). The Kier molecular flexibility index (Phi) is 4.62. The maximum atomic E-state index is 14.5. The van der Waals surface area contributed by atoms with Crippen LogP contribution < -0.4 is 10.5 Å². The lowest BCUT2D eigenvalue weighted by molar-refractivity contribution is 0.626. The van der Waals surface area contributed by atoms with Gasteiger partial charge in [0.05, 0.1) is 11.9 Å². The van der Waals surface area contributed by atoms with Crippen molar-refractivity contribution in [3.63, 3.8) is 0 Å². The third kappa shape index (κ3) is 2.99. The van der Waals surface area contributed by atoms with Gasteiger partial charge in [0.1, 0.15) is 17.5 Å². The number of hydrogen-bond donors (Lipinski definition) is 2. The predicted octanol–water partition coefficient (Wildman–Crippen LogP) is 4.05. The lowest BCUT2D eigenvalue weighted by Gasteiger charge is -2.21. The molecule has 1 aromatic heterocycles. The van der Waals surface area contributed by atoms with Crippen molar-refractivity contribution in [2.24, 2.45) is 0 Å². The molecule has 1 heterocycles. The van der Waals surface area contributed by atoms with Crippen molar-refractivity contribution >= 4 is 34.8 Å². The van der Waals surface area contributed by atoms with Crippen molar-refractivity contribution in [3.8, 4) is 0 Å². The van der Waals surface area contributed by atoms with E-state index in [1.54, 1.807) is 49.2 Å². The summed E-state index contributed by atoms with van der Waals surface area (Å²) in [4.78, 5) is 5.78. The number of halogens is 2. The highest BCUT2D eigenvalue weighted by Gasteiger charge is 2.16. The molecule has 0 amide bonds. The average Bonchev–Trinajstić information content (AvgIpc) is 2.62. The van der Waals surface area contributed by atoms with Crippen LogP contribution in [0.5, 0.6) is 0 Å². The first-order valence-electron chi connectivity index (χ1n) is 7.89. The van der Waals surface area contributed by atoms with E-state index in [2.05, 4.69) is 4.98 Å². The van der Waals surface area contributed by atoms with Crippen molar-refractivity contribution in [1.29, 1.82) is 10.8 Å². The van der Waals surface area contributed by atoms with Crippen LogP contribution in [0, 0.1) is 22.5 Å². The number of nitrogens with one attached hydrogen (secondary N) is 2. The number of nitrogens with zero attached hydrogens (tertiary/aromatic N) is 3. The highest BCUT2D eigenvalue weighted by molar-refractivity contribution is 5.95. The van der Waals surface area contributed by atoms with Crippen LogP contribution in [-0.4, -0.2) is 22.9 Å².